The molecule has 0 N–H and O–H groups in total. The van der Waals surface area contributed by atoms with Crippen LogP contribution >= 0.6 is 0 Å². The van der Waals surface area contributed by atoms with Crippen LogP contribution in [0.3, 0.4) is 0 Å². The zero-order valence-electron chi connectivity index (χ0n) is 53.6. The molecule has 0 saturated carbocycles. The fourth-order valence-electron chi connectivity index (χ4n) is 10.4. The summed E-state index contributed by atoms with van der Waals surface area (Å²) in [6, 6.07) is 0. The van der Waals surface area contributed by atoms with Crippen LogP contribution in [0.1, 0.15) is 374 Å². The van der Waals surface area contributed by atoms with E-state index in [-0.39, 0.29) is 31.1 Å². The normalized spacial score (nSPS) is 12.4. The third-order valence-corrected chi connectivity index (χ3v) is 15.7. The largest absolute Gasteiger partial charge is 0.462 e. The molecule has 0 heterocycles. The summed E-state index contributed by atoms with van der Waals surface area (Å²) in [6.45, 7) is 6.62. The van der Waals surface area contributed by atoms with Crippen molar-refractivity contribution in [2.75, 3.05) is 13.2 Å². The van der Waals surface area contributed by atoms with Gasteiger partial charge in [0.1, 0.15) is 13.2 Å². The van der Waals surface area contributed by atoms with Crippen molar-refractivity contribution in [1.29, 1.82) is 0 Å². The van der Waals surface area contributed by atoms with Crippen molar-refractivity contribution in [2.45, 2.75) is 380 Å². The number of rotatable bonds is 65. The number of unbranched alkanes of at least 4 members (excludes halogenated alkanes) is 44. The third-order valence-electron chi connectivity index (χ3n) is 15.7. The van der Waals surface area contributed by atoms with E-state index in [1.807, 2.05) is 0 Å². The second-order valence-corrected chi connectivity index (χ2v) is 23.8. The first-order chi connectivity index (χ1) is 39.5. The van der Waals surface area contributed by atoms with E-state index in [1.54, 1.807) is 0 Å². The summed E-state index contributed by atoms with van der Waals surface area (Å²) in [5, 5.41) is 0. The fourth-order valence-corrected chi connectivity index (χ4v) is 10.4. The maximum absolute atomic E-state index is 12.9. The van der Waals surface area contributed by atoms with Crippen molar-refractivity contribution in [1.82, 2.24) is 0 Å². The Morgan fingerprint density at radius 1 is 0.250 bits per heavy atom. The predicted octanol–water partition coefficient (Wildman–Crippen LogP) is 24.3. The van der Waals surface area contributed by atoms with Crippen molar-refractivity contribution >= 4 is 17.9 Å². The van der Waals surface area contributed by atoms with Crippen LogP contribution < -0.4 is 0 Å². The molecule has 6 nitrogen and oxygen atoms in total. The average molecular weight is 1120 g/mol. The topological polar surface area (TPSA) is 78.9 Å². The van der Waals surface area contributed by atoms with Gasteiger partial charge >= 0.3 is 17.9 Å². The smallest absolute Gasteiger partial charge is 0.306 e. The van der Waals surface area contributed by atoms with Crippen LogP contribution in [-0.2, 0) is 28.6 Å². The molecule has 0 radical (unpaired) electrons. The van der Waals surface area contributed by atoms with Crippen LogP contribution in [0.25, 0.3) is 0 Å². The molecular weight excluding hydrogens is 985 g/mol. The number of hydrogen-bond acceptors (Lipinski definition) is 6. The Kier molecular flexibility index (Phi) is 66.1. The second kappa shape index (κ2) is 68.6. The standard InChI is InChI=1S/C74H134O6/c1-4-7-10-13-16-19-22-25-28-30-31-32-33-34-35-36-37-38-39-40-41-42-43-44-47-49-52-55-58-61-64-67-73(76)79-70-71(69-78-72(75)66-63-60-57-54-51-48-45-27-24-21-18-15-12-9-6-3)80-74(77)68-65-62-59-56-53-50-46-29-26-23-20-17-14-11-8-5-2/h18,20-21,23,27,29-31,45-46,71H,4-17,19,22,24-26,28,32-44,47-70H2,1-3H3/b21-18-,23-20-,31-30-,45-27-,46-29-. The molecule has 0 aliphatic rings. The van der Waals surface area contributed by atoms with Gasteiger partial charge in [-0.15, -0.1) is 0 Å². The molecule has 1 unspecified atom stereocenters. The van der Waals surface area contributed by atoms with Gasteiger partial charge in [0.05, 0.1) is 0 Å². The van der Waals surface area contributed by atoms with Crippen molar-refractivity contribution in [3.63, 3.8) is 0 Å². The van der Waals surface area contributed by atoms with Gasteiger partial charge in [-0.1, -0.05) is 306 Å². The molecule has 0 saturated heterocycles. The van der Waals surface area contributed by atoms with E-state index in [0.29, 0.717) is 19.3 Å². The van der Waals surface area contributed by atoms with E-state index in [4.69, 9.17) is 14.2 Å². The Labute approximate surface area is 498 Å². The summed E-state index contributed by atoms with van der Waals surface area (Å²) in [5.41, 5.74) is 0. The number of hydrogen-bond donors (Lipinski definition) is 0. The zero-order valence-corrected chi connectivity index (χ0v) is 53.6. The van der Waals surface area contributed by atoms with Crippen molar-refractivity contribution in [3.05, 3.63) is 60.8 Å². The highest BCUT2D eigenvalue weighted by molar-refractivity contribution is 5.71. The second-order valence-electron chi connectivity index (χ2n) is 23.8. The first-order valence-corrected chi connectivity index (χ1v) is 35.3. The van der Waals surface area contributed by atoms with Gasteiger partial charge < -0.3 is 14.2 Å². The first-order valence-electron chi connectivity index (χ1n) is 35.3. The van der Waals surface area contributed by atoms with Gasteiger partial charge in [-0.05, 0) is 109 Å². The van der Waals surface area contributed by atoms with Gasteiger partial charge in [0.2, 0.25) is 0 Å². The summed E-state index contributed by atoms with van der Waals surface area (Å²) in [7, 11) is 0. The Morgan fingerprint density at radius 2 is 0.450 bits per heavy atom. The van der Waals surface area contributed by atoms with E-state index in [2.05, 4.69) is 81.5 Å². The molecule has 0 spiro atoms. The summed E-state index contributed by atoms with van der Waals surface area (Å²) < 4.78 is 16.9. The first kappa shape index (κ1) is 77.1. The minimum absolute atomic E-state index is 0.0815. The van der Waals surface area contributed by atoms with Crippen LogP contribution in [-0.4, -0.2) is 37.2 Å². The molecule has 1 atom stereocenters. The van der Waals surface area contributed by atoms with Crippen LogP contribution in [0.4, 0.5) is 0 Å². The van der Waals surface area contributed by atoms with Crippen molar-refractivity contribution in [2.24, 2.45) is 0 Å². The molecule has 0 aliphatic carbocycles. The fraction of sp³-hybridized carbons (Fsp3) is 0.824. The third kappa shape index (κ3) is 65.9. The quantitative estimate of drug-likeness (QED) is 0.0261. The highest BCUT2D eigenvalue weighted by Crippen LogP contribution is 2.18. The number of carbonyl (C=O) groups is 3. The molecule has 0 aliphatic heterocycles. The number of esters is 3. The van der Waals surface area contributed by atoms with Crippen molar-refractivity contribution < 1.29 is 28.6 Å². The van der Waals surface area contributed by atoms with Crippen LogP contribution in [0, 0.1) is 0 Å². The van der Waals surface area contributed by atoms with E-state index in [1.165, 1.54) is 231 Å². The molecule has 0 amide bonds. The molecule has 0 fully saturated rings. The molecule has 0 bridgehead atoms. The molecule has 80 heavy (non-hydrogen) atoms. The monoisotopic (exact) mass is 1120 g/mol. The lowest BCUT2D eigenvalue weighted by atomic mass is 10.0. The Hall–Kier alpha value is -2.89. The van der Waals surface area contributed by atoms with Crippen LogP contribution in [0.15, 0.2) is 60.8 Å². The summed E-state index contributed by atoms with van der Waals surface area (Å²) >= 11 is 0. The zero-order chi connectivity index (χ0) is 57.8. The lowest BCUT2D eigenvalue weighted by Gasteiger charge is -2.18. The van der Waals surface area contributed by atoms with Gasteiger partial charge in [0.25, 0.3) is 0 Å². The van der Waals surface area contributed by atoms with Crippen molar-refractivity contribution in [3.8, 4) is 0 Å². The molecule has 6 heteroatoms. The Balaban J connectivity index is 4.19. The lowest BCUT2D eigenvalue weighted by Crippen LogP contribution is -2.30. The highest BCUT2D eigenvalue weighted by atomic mass is 16.6. The van der Waals surface area contributed by atoms with Gasteiger partial charge in [-0.2, -0.15) is 0 Å². The minimum Gasteiger partial charge on any atom is -0.462 e. The summed E-state index contributed by atoms with van der Waals surface area (Å²) in [6.07, 6.45) is 88.3. The Bertz CT molecular complexity index is 1430. The number of carbonyl (C=O) groups excluding carboxylic acids is 3. The maximum Gasteiger partial charge on any atom is 0.306 e. The molecule has 0 aromatic carbocycles. The molecule has 466 valence electrons. The van der Waals surface area contributed by atoms with E-state index >= 15 is 0 Å². The predicted molar refractivity (Wildman–Crippen MR) is 348 cm³/mol. The Morgan fingerprint density at radius 3 is 0.738 bits per heavy atom. The summed E-state index contributed by atoms with van der Waals surface area (Å²) in [4.78, 5) is 38.4. The highest BCUT2D eigenvalue weighted by Gasteiger charge is 2.19. The minimum atomic E-state index is -0.788. The SMILES string of the molecule is CCCCC/C=C\C/C=C\CCCCCCCC(=O)OCC(COC(=O)CCCCCCCCCCCCCCCCCCCCC/C=C\CCCCCCCCCC)OC(=O)CCCCCCC/C=C\C/C=C\CCCCCC. The molecule has 0 aromatic heterocycles. The number of ether oxygens (including phenoxy) is 3. The van der Waals surface area contributed by atoms with Crippen LogP contribution in [0.2, 0.25) is 0 Å². The molecular formula is C74H134O6. The lowest BCUT2D eigenvalue weighted by molar-refractivity contribution is -0.167. The summed E-state index contributed by atoms with van der Waals surface area (Å²) in [5.74, 6) is -0.890. The van der Waals surface area contributed by atoms with Gasteiger partial charge in [-0.25, -0.2) is 0 Å². The maximum atomic E-state index is 12.9. The van der Waals surface area contributed by atoms with Gasteiger partial charge in [0, 0.05) is 19.3 Å². The van der Waals surface area contributed by atoms with E-state index in [0.717, 1.165) is 103 Å². The molecule has 0 rings (SSSR count). The number of allylic oxidation sites excluding steroid dienone is 10. The van der Waals surface area contributed by atoms with E-state index in [9.17, 15) is 14.4 Å². The van der Waals surface area contributed by atoms with Crippen LogP contribution in [0.5, 0.6) is 0 Å². The van der Waals surface area contributed by atoms with Gasteiger partial charge in [0.15, 0.2) is 6.10 Å². The van der Waals surface area contributed by atoms with Gasteiger partial charge in [-0.3, -0.25) is 14.4 Å². The average Bonchev–Trinajstić information content (AvgIpc) is 3.46. The molecule has 0 aromatic rings. The van der Waals surface area contributed by atoms with E-state index < -0.39 is 6.10 Å².